The van der Waals surface area contributed by atoms with Crippen molar-refractivity contribution in [1.29, 1.82) is 5.26 Å². The van der Waals surface area contributed by atoms with Gasteiger partial charge in [0, 0.05) is 37.3 Å². The number of Topliss-reactive ketones (excluding diaryl/α,β-unsaturated/α-hetero) is 1. The third kappa shape index (κ3) is 3.65. The van der Waals surface area contributed by atoms with Crippen LogP contribution in [0, 0.1) is 61.6 Å². The van der Waals surface area contributed by atoms with Crippen molar-refractivity contribution in [2.24, 2.45) is 50.2 Å². The molecule has 7 atom stereocenters. The molecule has 5 nitrogen and oxygen atoms in total. The highest BCUT2D eigenvalue weighted by molar-refractivity contribution is 6.04. The Morgan fingerprint density at radius 3 is 2.28 bits per heavy atom. The fourth-order valence-electron chi connectivity index (χ4n) is 10.6. The third-order valence-electron chi connectivity index (χ3n) is 13.1. The molecule has 212 valence electrons. The first kappa shape index (κ1) is 28.3. The van der Waals surface area contributed by atoms with E-state index in [0.717, 1.165) is 57.1 Å². The van der Waals surface area contributed by atoms with Crippen molar-refractivity contribution in [3.05, 3.63) is 23.3 Å². The van der Waals surface area contributed by atoms with Crippen LogP contribution in [0.4, 0.5) is 0 Å². The van der Waals surface area contributed by atoms with Crippen LogP contribution in [0.3, 0.4) is 0 Å². The fraction of sp³-hybridized carbons (Fsp3) is 0.765. The minimum atomic E-state index is -0.649. The molecule has 0 N–H and O–H groups in total. The zero-order valence-electron chi connectivity index (χ0n) is 25.7. The van der Waals surface area contributed by atoms with Gasteiger partial charge in [-0.15, -0.1) is 0 Å². The number of hydrogen-bond donors (Lipinski definition) is 0. The molecule has 5 heteroatoms. The number of rotatable bonds is 2. The molecule has 0 saturated heterocycles. The van der Waals surface area contributed by atoms with Crippen LogP contribution in [0.2, 0.25) is 0 Å². The number of nitrogens with zero attached hydrogens (tertiary/aromatic N) is 2. The Labute approximate surface area is 235 Å². The Hall–Kier alpha value is -2.22. The molecule has 0 aromatic rings. The maximum Gasteiger partial charge on any atom is 0.219 e. The smallest absolute Gasteiger partial charge is 0.219 e. The highest BCUT2D eigenvalue weighted by atomic mass is 16.2. The lowest BCUT2D eigenvalue weighted by Crippen LogP contribution is -2.65. The van der Waals surface area contributed by atoms with Crippen molar-refractivity contribution in [3.63, 3.8) is 0 Å². The van der Waals surface area contributed by atoms with Crippen molar-refractivity contribution in [3.8, 4) is 6.07 Å². The second-order valence-electron chi connectivity index (χ2n) is 16.0. The number of carbonyl (C=O) groups excluding carboxylic acids is 3. The highest BCUT2D eigenvalue weighted by Gasteiger charge is 2.69. The number of allylic oxidation sites excluding steroid dienone is 4. The molecule has 0 aromatic carbocycles. The summed E-state index contributed by atoms with van der Waals surface area (Å²) < 4.78 is 0. The predicted molar refractivity (Wildman–Crippen MR) is 152 cm³/mol. The normalized spacial score (nSPS) is 43.9. The number of ketones is 2. The molecule has 5 aliphatic carbocycles. The molecule has 0 unspecified atom stereocenters. The van der Waals surface area contributed by atoms with E-state index < -0.39 is 10.8 Å². The van der Waals surface area contributed by atoms with E-state index in [1.165, 1.54) is 0 Å². The zero-order chi connectivity index (χ0) is 29.0. The van der Waals surface area contributed by atoms with Gasteiger partial charge >= 0.3 is 0 Å². The molecular formula is C34H48N2O3. The van der Waals surface area contributed by atoms with Crippen molar-refractivity contribution in [2.75, 3.05) is 13.6 Å². The van der Waals surface area contributed by atoms with Gasteiger partial charge < -0.3 is 4.90 Å². The van der Waals surface area contributed by atoms with E-state index in [-0.39, 0.29) is 62.5 Å². The van der Waals surface area contributed by atoms with Gasteiger partial charge in [0.2, 0.25) is 5.91 Å². The van der Waals surface area contributed by atoms with E-state index in [1.807, 2.05) is 37.9 Å². The van der Waals surface area contributed by atoms with Crippen molar-refractivity contribution >= 4 is 17.5 Å². The van der Waals surface area contributed by atoms with Gasteiger partial charge in [-0.05, 0) is 84.5 Å². The highest BCUT2D eigenvalue weighted by Crippen LogP contribution is 2.74. The van der Waals surface area contributed by atoms with Gasteiger partial charge in [0.05, 0.1) is 5.57 Å². The number of amides is 1. The molecule has 3 saturated carbocycles. The molecule has 0 radical (unpaired) electrons. The maximum absolute atomic E-state index is 14.5. The van der Waals surface area contributed by atoms with Crippen LogP contribution in [-0.2, 0) is 14.4 Å². The SMILES string of the molecule is CC(=O)N(C)C[C@]12CCC(C)(C)C[C@H]1[C@H]1C(=O)C=C3[C@@]4(C)C=C(C#N)C(=O)C(C)(C)[C@@H]4CC[C@@]3(C)[C@]1(C)CC2. The molecule has 0 heterocycles. The van der Waals surface area contributed by atoms with Gasteiger partial charge in [-0.2, -0.15) is 5.26 Å². The van der Waals surface area contributed by atoms with Crippen LogP contribution in [0.1, 0.15) is 100 Å². The van der Waals surface area contributed by atoms with E-state index in [2.05, 4.69) is 40.7 Å². The second kappa shape index (κ2) is 8.40. The summed E-state index contributed by atoms with van der Waals surface area (Å²) in [6.45, 7) is 18.0. The minimum Gasteiger partial charge on any atom is -0.345 e. The van der Waals surface area contributed by atoms with Crippen LogP contribution in [0.25, 0.3) is 0 Å². The van der Waals surface area contributed by atoms with Gasteiger partial charge in [-0.25, -0.2) is 0 Å². The lowest BCUT2D eigenvalue weighted by Gasteiger charge is -2.69. The van der Waals surface area contributed by atoms with E-state index in [4.69, 9.17) is 0 Å². The maximum atomic E-state index is 14.5. The first-order chi connectivity index (χ1) is 17.9. The molecule has 5 rings (SSSR count). The molecule has 0 aromatic heterocycles. The molecule has 3 fully saturated rings. The van der Waals surface area contributed by atoms with E-state index in [9.17, 15) is 19.6 Å². The lowest BCUT2D eigenvalue weighted by atomic mass is 9.34. The van der Waals surface area contributed by atoms with Crippen LogP contribution in [0.15, 0.2) is 23.3 Å². The summed E-state index contributed by atoms with van der Waals surface area (Å²) in [5.41, 5.74) is -0.0626. The van der Waals surface area contributed by atoms with E-state index in [1.54, 1.807) is 6.92 Å². The van der Waals surface area contributed by atoms with Crippen molar-refractivity contribution < 1.29 is 14.4 Å². The zero-order valence-corrected chi connectivity index (χ0v) is 25.7. The average molecular weight is 533 g/mol. The standard InChI is InChI=1S/C34H48N2O3/c1-21(37)36(9)20-34-14-12-29(2,3)18-23(34)27-24(38)16-26-31(6)17-22(19-35)28(39)30(4,5)25(31)10-11-32(26,7)33(27,8)13-15-34/h16-17,23,25,27H,10-15,18,20H2,1-9H3/t23-,25-,27-,31-,32+,33+,34+/m0/s1. The minimum absolute atomic E-state index is 0.0360. The Kier molecular flexibility index (Phi) is 6.10. The third-order valence-corrected chi connectivity index (χ3v) is 13.1. The van der Waals surface area contributed by atoms with E-state index >= 15 is 0 Å². The number of fused-ring (bicyclic) bond motifs is 7. The Morgan fingerprint density at radius 2 is 1.67 bits per heavy atom. The summed E-state index contributed by atoms with van der Waals surface area (Å²) in [4.78, 5) is 42.0. The lowest BCUT2D eigenvalue weighted by molar-refractivity contribution is -0.174. The first-order valence-electron chi connectivity index (χ1n) is 15.0. The monoisotopic (exact) mass is 532 g/mol. The summed E-state index contributed by atoms with van der Waals surface area (Å²) in [5.74, 6) is 0.449. The molecule has 0 bridgehead atoms. The summed E-state index contributed by atoms with van der Waals surface area (Å²) >= 11 is 0. The van der Waals surface area contributed by atoms with E-state index in [0.29, 0.717) is 0 Å². The molecular weight excluding hydrogens is 484 g/mol. The topological polar surface area (TPSA) is 78.2 Å². The average Bonchev–Trinajstić information content (AvgIpc) is 2.83. The number of carbonyl (C=O) groups is 3. The van der Waals surface area contributed by atoms with Crippen LogP contribution in [0.5, 0.6) is 0 Å². The summed E-state index contributed by atoms with van der Waals surface area (Å²) in [6.07, 6.45) is 10.9. The Bertz CT molecular complexity index is 1250. The van der Waals surface area contributed by atoms with Crippen molar-refractivity contribution in [1.82, 2.24) is 4.90 Å². The molecule has 0 spiro atoms. The summed E-state index contributed by atoms with van der Waals surface area (Å²) in [7, 11) is 1.91. The first-order valence-corrected chi connectivity index (χ1v) is 15.0. The quantitative estimate of drug-likeness (QED) is 0.397. The van der Waals surface area contributed by atoms with Gasteiger partial charge in [-0.3, -0.25) is 14.4 Å². The van der Waals surface area contributed by atoms with Gasteiger partial charge in [0.25, 0.3) is 0 Å². The van der Waals surface area contributed by atoms with Crippen LogP contribution >= 0.6 is 0 Å². The molecule has 5 aliphatic rings. The van der Waals surface area contributed by atoms with Gasteiger partial charge in [0.15, 0.2) is 11.6 Å². The Balaban J connectivity index is 1.67. The number of hydrogen-bond acceptors (Lipinski definition) is 4. The predicted octanol–water partition coefficient (Wildman–Crippen LogP) is 6.68. The van der Waals surface area contributed by atoms with Gasteiger partial charge in [0.1, 0.15) is 6.07 Å². The largest absolute Gasteiger partial charge is 0.345 e. The molecule has 39 heavy (non-hydrogen) atoms. The summed E-state index contributed by atoms with van der Waals surface area (Å²) in [6, 6.07) is 2.20. The van der Waals surface area contributed by atoms with Gasteiger partial charge in [-0.1, -0.05) is 60.1 Å². The molecule has 1 amide bonds. The summed E-state index contributed by atoms with van der Waals surface area (Å²) in [5, 5.41) is 9.91. The molecule has 0 aliphatic heterocycles. The van der Waals surface area contributed by atoms with Crippen molar-refractivity contribution in [2.45, 2.75) is 100 Å². The van der Waals surface area contributed by atoms with Crippen LogP contribution < -0.4 is 0 Å². The second-order valence-corrected chi connectivity index (χ2v) is 16.0. The fourth-order valence-corrected chi connectivity index (χ4v) is 10.6. The number of nitriles is 1. The Morgan fingerprint density at radius 1 is 1.03 bits per heavy atom. The van der Waals surface area contributed by atoms with Crippen LogP contribution in [-0.4, -0.2) is 36.0 Å².